The summed E-state index contributed by atoms with van der Waals surface area (Å²) in [7, 11) is 0. The number of hydrogen-bond donors (Lipinski definition) is 4. The number of esters is 1. The first kappa shape index (κ1) is 28.5. The number of thiazole rings is 1. The van der Waals surface area contributed by atoms with Crippen LogP contribution in [0.2, 0.25) is 0 Å². The minimum absolute atomic E-state index is 0.0413. The van der Waals surface area contributed by atoms with E-state index in [2.05, 4.69) is 15.6 Å². The van der Waals surface area contributed by atoms with Crippen LogP contribution in [0.4, 0.5) is 9.93 Å². The molecule has 0 aromatic carbocycles. The van der Waals surface area contributed by atoms with E-state index in [0.717, 1.165) is 11.3 Å². The van der Waals surface area contributed by atoms with Crippen LogP contribution in [0.5, 0.6) is 0 Å². The highest BCUT2D eigenvalue weighted by Crippen LogP contribution is 2.23. The summed E-state index contributed by atoms with van der Waals surface area (Å²) in [5.74, 6) is -2.02. The maximum Gasteiger partial charge on any atom is 0.349 e. The molecule has 12 heteroatoms. The number of carbonyl (C=O) groups excluding carboxylic acids is 4. The first-order valence-corrected chi connectivity index (χ1v) is 11.6. The lowest BCUT2D eigenvalue weighted by Crippen LogP contribution is -2.56. The van der Waals surface area contributed by atoms with Crippen LogP contribution >= 0.6 is 11.3 Å². The molecule has 1 heterocycles. The molecule has 4 amide bonds. The van der Waals surface area contributed by atoms with Gasteiger partial charge in [0.05, 0.1) is 18.7 Å². The Morgan fingerprint density at radius 2 is 1.85 bits per heavy atom. The summed E-state index contributed by atoms with van der Waals surface area (Å²) >= 11 is 1.10. The van der Waals surface area contributed by atoms with Gasteiger partial charge in [-0.1, -0.05) is 34.6 Å². The number of nitrogens with zero attached hydrogens (tertiary/aromatic N) is 2. The van der Waals surface area contributed by atoms with E-state index in [0.29, 0.717) is 12.1 Å². The molecule has 11 nitrogen and oxygen atoms in total. The number of ether oxygens (including phenoxy) is 1. The van der Waals surface area contributed by atoms with Gasteiger partial charge in [0.15, 0.2) is 5.13 Å². The number of aliphatic hydroxyl groups excluding tert-OH is 1. The monoisotopic (exact) mass is 486 g/mol. The molecule has 33 heavy (non-hydrogen) atoms. The minimum atomic E-state index is -1.54. The molecule has 4 N–H and O–H groups in total. The van der Waals surface area contributed by atoms with Crippen LogP contribution in [0.25, 0.3) is 0 Å². The SMILES string of the molecule is CCOC(=O)Cc1csc(NC(=O)C(NC(=O)N(O)C(=O)[C@@H](O)CCC(C)C)C(C)(C)C)n1. The van der Waals surface area contributed by atoms with Crippen molar-refractivity contribution in [1.82, 2.24) is 15.4 Å². The Hall–Kier alpha value is -2.57. The van der Waals surface area contributed by atoms with Crippen LogP contribution < -0.4 is 10.6 Å². The molecular weight excluding hydrogens is 452 g/mol. The van der Waals surface area contributed by atoms with Gasteiger partial charge in [-0.05, 0) is 31.1 Å². The normalized spacial score (nSPS) is 13.2. The molecule has 1 unspecified atom stereocenters. The number of hydroxylamine groups is 2. The highest BCUT2D eigenvalue weighted by molar-refractivity contribution is 7.13. The third kappa shape index (κ3) is 9.44. The van der Waals surface area contributed by atoms with Gasteiger partial charge in [0, 0.05) is 5.38 Å². The molecule has 0 bridgehead atoms. The highest BCUT2D eigenvalue weighted by atomic mass is 32.1. The molecule has 0 spiro atoms. The van der Waals surface area contributed by atoms with Gasteiger partial charge in [-0.15, -0.1) is 16.4 Å². The Bertz CT molecular complexity index is 835. The summed E-state index contributed by atoms with van der Waals surface area (Å²) in [6.45, 7) is 10.8. The van der Waals surface area contributed by atoms with Gasteiger partial charge >= 0.3 is 12.0 Å². The molecule has 1 aromatic heterocycles. The molecule has 1 rings (SSSR count). The van der Waals surface area contributed by atoms with Crippen molar-refractivity contribution in [2.45, 2.75) is 73.0 Å². The third-order valence-electron chi connectivity index (χ3n) is 4.51. The van der Waals surface area contributed by atoms with Crippen molar-refractivity contribution in [3.8, 4) is 0 Å². The van der Waals surface area contributed by atoms with Crippen LogP contribution in [0.1, 0.15) is 60.1 Å². The summed E-state index contributed by atoms with van der Waals surface area (Å²) < 4.78 is 4.87. The fourth-order valence-corrected chi connectivity index (χ4v) is 3.41. The van der Waals surface area contributed by atoms with Crippen LogP contribution in [-0.2, 0) is 25.5 Å². The quantitative estimate of drug-likeness (QED) is 0.223. The summed E-state index contributed by atoms with van der Waals surface area (Å²) in [5, 5.41) is 26.4. The summed E-state index contributed by atoms with van der Waals surface area (Å²) in [4.78, 5) is 53.2. The van der Waals surface area contributed by atoms with E-state index in [4.69, 9.17) is 4.74 Å². The standard InChI is InChI=1S/C21H34N4O7S/c1-7-32-15(27)10-13-11-33-19(22-13)24-17(28)16(21(4,5)6)23-20(30)25(31)18(29)14(26)9-8-12(2)3/h11-12,14,16,26,31H,7-10H2,1-6H3,(H,23,30)(H,22,24,28)/t14-,16?/m0/s1. The molecule has 0 aliphatic carbocycles. The van der Waals surface area contributed by atoms with E-state index in [1.807, 2.05) is 13.8 Å². The summed E-state index contributed by atoms with van der Waals surface area (Å²) in [6.07, 6.45) is -0.970. The van der Waals surface area contributed by atoms with Gasteiger partial charge in [-0.25, -0.2) is 9.78 Å². The average Bonchev–Trinajstić information content (AvgIpc) is 3.14. The lowest BCUT2D eigenvalue weighted by molar-refractivity contribution is -0.163. The second-order valence-corrected chi connectivity index (χ2v) is 9.86. The van der Waals surface area contributed by atoms with Crippen molar-refractivity contribution >= 4 is 40.3 Å². The van der Waals surface area contributed by atoms with E-state index < -0.39 is 41.4 Å². The Labute approximate surface area is 197 Å². The molecule has 2 atom stereocenters. The first-order chi connectivity index (χ1) is 15.3. The average molecular weight is 487 g/mol. The second-order valence-electron chi connectivity index (χ2n) is 9.00. The first-order valence-electron chi connectivity index (χ1n) is 10.7. The number of aliphatic hydroxyl groups is 1. The predicted octanol–water partition coefficient (Wildman–Crippen LogP) is 2.33. The molecule has 0 saturated heterocycles. The van der Waals surface area contributed by atoms with Crippen molar-refractivity contribution in [3.05, 3.63) is 11.1 Å². The van der Waals surface area contributed by atoms with Crippen LogP contribution in [0.3, 0.4) is 0 Å². The van der Waals surface area contributed by atoms with Gasteiger partial charge in [0.25, 0.3) is 5.91 Å². The smallest absolute Gasteiger partial charge is 0.349 e. The molecule has 1 aromatic rings. The number of urea groups is 1. The lowest BCUT2D eigenvalue weighted by atomic mass is 9.86. The largest absolute Gasteiger partial charge is 0.466 e. The Morgan fingerprint density at radius 3 is 2.39 bits per heavy atom. The maximum atomic E-state index is 12.8. The van der Waals surface area contributed by atoms with E-state index >= 15 is 0 Å². The molecule has 0 saturated carbocycles. The van der Waals surface area contributed by atoms with Gasteiger partial charge in [0.1, 0.15) is 12.1 Å². The number of amides is 4. The number of nitrogens with one attached hydrogen (secondary N) is 2. The molecule has 0 radical (unpaired) electrons. The predicted molar refractivity (Wildman–Crippen MR) is 122 cm³/mol. The van der Waals surface area contributed by atoms with Gasteiger partial charge in [-0.3, -0.25) is 19.6 Å². The van der Waals surface area contributed by atoms with Gasteiger partial charge in [0.2, 0.25) is 5.91 Å². The van der Waals surface area contributed by atoms with Crippen LogP contribution in [0.15, 0.2) is 5.38 Å². The Kier molecular flexibility index (Phi) is 10.9. The van der Waals surface area contributed by atoms with Gasteiger partial charge < -0.3 is 20.5 Å². The minimum Gasteiger partial charge on any atom is -0.466 e. The third-order valence-corrected chi connectivity index (χ3v) is 5.32. The number of imide groups is 1. The van der Waals surface area contributed by atoms with Crippen molar-refractivity contribution < 1.29 is 34.2 Å². The van der Waals surface area contributed by atoms with E-state index in [1.165, 1.54) is 0 Å². The lowest BCUT2D eigenvalue weighted by Gasteiger charge is -2.31. The molecule has 0 aliphatic rings. The fourth-order valence-electron chi connectivity index (χ4n) is 2.70. The van der Waals surface area contributed by atoms with E-state index in [1.54, 1.807) is 33.1 Å². The van der Waals surface area contributed by atoms with E-state index in [-0.39, 0.29) is 35.6 Å². The van der Waals surface area contributed by atoms with Crippen LogP contribution in [-0.4, -0.2) is 62.9 Å². The van der Waals surface area contributed by atoms with Crippen molar-refractivity contribution in [2.75, 3.05) is 11.9 Å². The Balaban J connectivity index is 2.83. The van der Waals surface area contributed by atoms with Crippen molar-refractivity contribution in [1.29, 1.82) is 0 Å². The van der Waals surface area contributed by atoms with Crippen LogP contribution in [0, 0.1) is 11.3 Å². The number of aromatic nitrogens is 1. The highest BCUT2D eigenvalue weighted by Gasteiger charge is 2.36. The number of hydrogen-bond acceptors (Lipinski definition) is 9. The summed E-state index contributed by atoms with van der Waals surface area (Å²) in [6, 6.07) is -2.39. The van der Waals surface area contributed by atoms with Crippen molar-refractivity contribution in [3.63, 3.8) is 0 Å². The molecule has 0 aliphatic heterocycles. The molecular formula is C21H34N4O7S. The zero-order valence-electron chi connectivity index (χ0n) is 19.9. The number of rotatable bonds is 10. The second kappa shape index (κ2) is 12.6. The number of anilines is 1. The topological polar surface area (TPSA) is 158 Å². The zero-order chi connectivity index (χ0) is 25.3. The van der Waals surface area contributed by atoms with Crippen molar-refractivity contribution in [2.24, 2.45) is 11.3 Å². The molecule has 0 fully saturated rings. The maximum absolute atomic E-state index is 12.8. The van der Waals surface area contributed by atoms with E-state index in [9.17, 15) is 29.5 Å². The molecule has 186 valence electrons. The Morgan fingerprint density at radius 1 is 1.21 bits per heavy atom. The van der Waals surface area contributed by atoms with Gasteiger partial charge in [-0.2, -0.15) is 0 Å². The fraction of sp³-hybridized carbons (Fsp3) is 0.667. The zero-order valence-corrected chi connectivity index (χ0v) is 20.7. The number of carbonyl (C=O) groups is 4. The summed E-state index contributed by atoms with van der Waals surface area (Å²) in [5.41, 5.74) is -0.377.